The van der Waals surface area contributed by atoms with Gasteiger partial charge in [0, 0.05) is 0 Å². The third-order valence-electron chi connectivity index (χ3n) is 10.0. The number of hydrogen-bond donors (Lipinski definition) is 1. The van der Waals surface area contributed by atoms with Crippen molar-refractivity contribution < 1.29 is 5.11 Å². The molecular formula is C27H46O. The summed E-state index contributed by atoms with van der Waals surface area (Å²) < 4.78 is 0. The molecule has 0 radical (unpaired) electrons. The van der Waals surface area contributed by atoms with Crippen LogP contribution in [0.1, 0.15) is 112 Å². The molecule has 0 amide bonds. The second kappa shape index (κ2) is 7.44. The molecule has 28 heavy (non-hydrogen) atoms. The number of aliphatic hydroxyl groups is 1. The third kappa shape index (κ3) is 3.63. The molecule has 3 saturated carbocycles. The summed E-state index contributed by atoms with van der Waals surface area (Å²) in [5, 5.41) is 10.2. The lowest BCUT2D eigenvalue weighted by Gasteiger charge is -2.58. The molecule has 1 heteroatoms. The summed E-state index contributed by atoms with van der Waals surface area (Å²) in [4.78, 5) is 0. The quantitative estimate of drug-likeness (QED) is 0.391. The molecule has 0 saturated heterocycles. The van der Waals surface area contributed by atoms with Gasteiger partial charge in [-0.2, -0.15) is 0 Å². The van der Waals surface area contributed by atoms with Crippen molar-refractivity contribution in [2.24, 2.45) is 39.9 Å². The molecule has 1 nitrogen and oxygen atoms in total. The summed E-state index contributed by atoms with van der Waals surface area (Å²) >= 11 is 0. The van der Waals surface area contributed by atoms with E-state index in [2.05, 4.69) is 40.7 Å². The van der Waals surface area contributed by atoms with Crippen LogP contribution in [0.2, 0.25) is 0 Å². The van der Waals surface area contributed by atoms with Crippen molar-refractivity contribution in [2.45, 2.75) is 118 Å². The summed E-state index contributed by atoms with van der Waals surface area (Å²) in [6.07, 6.45) is 18.6. The molecule has 4 aliphatic rings. The molecule has 0 heterocycles. The second-order valence-electron chi connectivity index (χ2n) is 12.8. The van der Waals surface area contributed by atoms with Crippen LogP contribution in [-0.2, 0) is 0 Å². The maximum Gasteiger partial charge on any atom is 0.0577 e. The van der Waals surface area contributed by atoms with Crippen molar-refractivity contribution in [3.63, 3.8) is 0 Å². The minimum Gasteiger partial charge on any atom is -0.393 e. The largest absolute Gasteiger partial charge is 0.393 e. The van der Waals surface area contributed by atoms with Gasteiger partial charge in [-0.1, -0.05) is 59.1 Å². The molecule has 0 aromatic rings. The highest BCUT2D eigenvalue weighted by Crippen LogP contribution is 2.66. The van der Waals surface area contributed by atoms with Gasteiger partial charge < -0.3 is 5.11 Å². The maximum absolute atomic E-state index is 10.2. The summed E-state index contributed by atoms with van der Waals surface area (Å²) in [7, 11) is 0. The van der Waals surface area contributed by atoms with Gasteiger partial charge in [-0.05, 0) is 104 Å². The van der Waals surface area contributed by atoms with Crippen LogP contribution < -0.4 is 0 Å². The number of hydrogen-bond acceptors (Lipinski definition) is 1. The van der Waals surface area contributed by atoms with Crippen LogP contribution in [0.5, 0.6) is 0 Å². The molecule has 0 aliphatic heterocycles. The van der Waals surface area contributed by atoms with Gasteiger partial charge >= 0.3 is 0 Å². The van der Waals surface area contributed by atoms with Crippen molar-refractivity contribution in [1.29, 1.82) is 0 Å². The normalized spacial score (nSPS) is 45.8. The van der Waals surface area contributed by atoms with E-state index >= 15 is 0 Å². The van der Waals surface area contributed by atoms with Gasteiger partial charge in [0.25, 0.3) is 0 Å². The Morgan fingerprint density at radius 2 is 1.79 bits per heavy atom. The summed E-state index contributed by atoms with van der Waals surface area (Å²) in [6.45, 7) is 12.4. The SMILES string of the molecule is CC(C)(C)CCCC[C@H]1CCC2C3CC=C4C[C@@H](O)CCC4(C)C3CCC21C. The van der Waals surface area contributed by atoms with Crippen LogP contribution >= 0.6 is 0 Å². The molecular weight excluding hydrogens is 340 g/mol. The fraction of sp³-hybridized carbons (Fsp3) is 0.926. The van der Waals surface area contributed by atoms with E-state index in [1.54, 1.807) is 5.57 Å². The Bertz CT molecular complexity index is 598. The van der Waals surface area contributed by atoms with E-state index in [-0.39, 0.29) is 6.10 Å². The second-order valence-corrected chi connectivity index (χ2v) is 12.8. The minimum atomic E-state index is -0.0753. The van der Waals surface area contributed by atoms with Gasteiger partial charge in [-0.3, -0.25) is 0 Å². The molecule has 1 N–H and O–H groups in total. The number of fused-ring (bicyclic) bond motifs is 5. The van der Waals surface area contributed by atoms with Gasteiger partial charge in [0.05, 0.1) is 6.10 Å². The zero-order valence-corrected chi connectivity index (χ0v) is 19.4. The van der Waals surface area contributed by atoms with Crippen LogP contribution in [0.15, 0.2) is 11.6 Å². The summed E-state index contributed by atoms with van der Waals surface area (Å²) in [5.74, 6) is 3.74. The summed E-state index contributed by atoms with van der Waals surface area (Å²) in [6, 6.07) is 0. The van der Waals surface area contributed by atoms with Crippen molar-refractivity contribution in [2.75, 3.05) is 0 Å². The molecule has 3 fully saturated rings. The standard InChI is InChI=1S/C27H46O/c1-25(2,3)15-7-6-8-19-10-12-23-22-11-9-20-18-21(28)13-16-27(20,5)24(22)14-17-26(19,23)4/h9,19,21-24,28H,6-8,10-18H2,1-5H3/t19-,21-,22?,23?,24?,26?,27?/m0/s1. The van der Waals surface area contributed by atoms with E-state index in [1.165, 1.54) is 64.2 Å². The van der Waals surface area contributed by atoms with E-state index in [1.807, 2.05) is 0 Å². The van der Waals surface area contributed by atoms with Crippen LogP contribution in [0.25, 0.3) is 0 Å². The van der Waals surface area contributed by atoms with Crippen LogP contribution in [0.4, 0.5) is 0 Å². The fourth-order valence-electron chi connectivity index (χ4n) is 8.27. The third-order valence-corrected chi connectivity index (χ3v) is 10.0. The van der Waals surface area contributed by atoms with E-state index in [4.69, 9.17) is 0 Å². The first-order valence-electron chi connectivity index (χ1n) is 12.5. The van der Waals surface area contributed by atoms with E-state index < -0.39 is 0 Å². The topological polar surface area (TPSA) is 20.2 Å². The molecule has 7 atom stereocenters. The lowest BCUT2D eigenvalue weighted by Crippen LogP contribution is -2.50. The number of allylic oxidation sites excluding steroid dienone is 1. The van der Waals surface area contributed by atoms with Crippen LogP contribution in [-0.4, -0.2) is 11.2 Å². The Morgan fingerprint density at radius 3 is 2.54 bits per heavy atom. The Balaban J connectivity index is 1.43. The minimum absolute atomic E-state index is 0.0753. The zero-order chi connectivity index (χ0) is 20.2. The molecule has 0 aromatic carbocycles. The molecule has 4 rings (SSSR count). The highest BCUT2D eigenvalue weighted by Gasteiger charge is 2.58. The molecule has 4 aliphatic carbocycles. The van der Waals surface area contributed by atoms with Gasteiger partial charge in [0.1, 0.15) is 0 Å². The first-order valence-corrected chi connectivity index (χ1v) is 12.5. The smallest absolute Gasteiger partial charge is 0.0577 e. The highest BCUT2D eigenvalue weighted by atomic mass is 16.3. The Kier molecular flexibility index (Phi) is 5.56. The first kappa shape index (κ1) is 21.0. The molecule has 0 bridgehead atoms. The Morgan fingerprint density at radius 1 is 1.00 bits per heavy atom. The monoisotopic (exact) mass is 386 g/mol. The predicted octanol–water partition coefficient (Wildman–Crippen LogP) is 7.53. The van der Waals surface area contributed by atoms with Crippen molar-refractivity contribution in [3.05, 3.63) is 11.6 Å². The first-order chi connectivity index (χ1) is 13.1. The van der Waals surface area contributed by atoms with Gasteiger partial charge in [0.2, 0.25) is 0 Å². The summed E-state index contributed by atoms with van der Waals surface area (Å²) in [5.41, 5.74) is 3.12. The lowest BCUT2D eigenvalue weighted by atomic mass is 9.47. The Hall–Kier alpha value is -0.300. The Labute approximate surface area is 174 Å². The maximum atomic E-state index is 10.2. The number of unbranched alkanes of at least 4 members (excludes halogenated alkanes) is 1. The van der Waals surface area contributed by atoms with Gasteiger partial charge in [-0.15, -0.1) is 0 Å². The molecule has 0 spiro atoms. The van der Waals surface area contributed by atoms with E-state index in [9.17, 15) is 5.11 Å². The van der Waals surface area contributed by atoms with Gasteiger partial charge in [-0.25, -0.2) is 0 Å². The molecule has 5 unspecified atom stereocenters. The molecule has 0 aromatic heterocycles. The average Bonchev–Trinajstić information content (AvgIpc) is 2.95. The van der Waals surface area contributed by atoms with E-state index in [0.717, 1.165) is 36.5 Å². The number of aliphatic hydroxyl groups excluding tert-OH is 1. The predicted molar refractivity (Wildman–Crippen MR) is 119 cm³/mol. The number of rotatable bonds is 4. The molecule has 160 valence electrons. The fourth-order valence-corrected chi connectivity index (χ4v) is 8.27. The van der Waals surface area contributed by atoms with E-state index in [0.29, 0.717) is 16.2 Å². The van der Waals surface area contributed by atoms with Crippen molar-refractivity contribution >= 4 is 0 Å². The van der Waals surface area contributed by atoms with Crippen LogP contribution in [0, 0.1) is 39.9 Å². The lowest BCUT2D eigenvalue weighted by molar-refractivity contribution is -0.0509. The zero-order valence-electron chi connectivity index (χ0n) is 19.4. The highest BCUT2D eigenvalue weighted by molar-refractivity contribution is 5.25. The van der Waals surface area contributed by atoms with Crippen molar-refractivity contribution in [3.8, 4) is 0 Å². The van der Waals surface area contributed by atoms with Crippen LogP contribution in [0.3, 0.4) is 0 Å². The van der Waals surface area contributed by atoms with Crippen molar-refractivity contribution in [1.82, 2.24) is 0 Å². The van der Waals surface area contributed by atoms with Gasteiger partial charge in [0.15, 0.2) is 0 Å². The average molecular weight is 387 g/mol.